The first-order valence-electron chi connectivity index (χ1n) is 10.2. The van der Waals surface area contributed by atoms with Crippen molar-refractivity contribution in [3.05, 3.63) is 47.5 Å². The van der Waals surface area contributed by atoms with Crippen molar-refractivity contribution in [3.63, 3.8) is 0 Å². The van der Waals surface area contributed by atoms with Crippen LogP contribution in [-0.2, 0) is 12.4 Å². The first-order valence-corrected chi connectivity index (χ1v) is 10.2. The van der Waals surface area contributed by atoms with Gasteiger partial charge in [0.05, 0.1) is 11.1 Å². The van der Waals surface area contributed by atoms with Crippen LogP contribution in [0.3, 0.4) is 0 Å². The second kappa shape index (κ2) is 8.36. The number of halogens is 6. The minimum absolute atomic E-state index is 0.00821. The zero-order valence-electron chi connectivity index (χ0n) is 17.4. The number of fused-ring (bicyclic) bond motifs is 1. The van der Waals surface area contributed by atoms with Gasteiger partial charge in [-0.05, 0) is 62.8 Å². The molecule has 5 nitrogen and oxygen atoms in total. The van der Waals surface area contributed by atoms with Gasteiger partial charge in [0.2, 0.25) is 0 Å². The molecule has 1 aliphatic rings. The van der Waals surface area contributed by atoms with Crippen LogP contribution in [0.2, 0.25) is 0 Å². The lowest BCUT2D eigenvalue weighted by Crippen LogP contribution is -2.40. The van der Waals surface area contributed by atoms with Crippen LogP contribution in [-0.4, -0.2) is 46.4 Å². The predicted octanol–water partition coefficient (Wildman–Crippen LogP) is 5.55. The average Bonchev–Trinajstić information content (AvgIpc) is 2.72. The average molecular weight is 470 g/mol. The van der Waals surface area contributed by atoms with E-state index in [1.54, 1.807) is 0 Å². The van der Waals surface area contributed by atoms with Crippen LogP contribution >= 0.6 is 0 Å². The van der Waals surface area contributed by atoms with Crippen LogP contribution < -0.4 is 5.32 Å². The smallest absolute Gasteiger partial charge is 0.416 e. The third-order valence-corrected chi connectivity index (χ3v) is 5.65. The van der Waals surface area contributed by atoms with Gasteiger partial charge in [0.1, 0.15) is 11.4 Å². The van der Waals surface area contributed by atoms with E-state index >= 15 is 0 Å². The van der Waals surface area contributed by atoms with Gasteiger partial charge in [0.15, 0.2) is 5.82 Å². The zero-order chi connectivity index (χ0) is 24.0. The Bertz CT molecular complexity index is 1180. The normalized spacial score (nSPS) is 18.0. The van der Waals surface area contributed by atoms with Crippen molar-refractivity contribution >= 4 is 16.6 Å². The number of benzene rings is 2. The molecule has 0 aliphatic carbocycles. The molecule has 11 heteroatoms. The summed E-state index contributed by atoms with van der Waals surface area (Å²) in [7, 11) is 1.96. The van der Waals surface area contributed by atoms with E-state index in [0.717, 1.165) is 43.7 Å². The van der Waals surface area contributed by atoms with E-state index in [2.05, 4.69) is 20.4 Å². The molecule has 2 aromatic carbocycles. The summed E-state index contributed by atoms with van der Waals surface area (Å²) in [5.74, 6) is -0.485. The highest BCUT2D eigenvalue weighted by molar-refractivity contribution is 6.01. The number of phenols is 1. The van der Waals surface area contributed by atoms with Crippen molar-refractivity contribution in [2.45, 2.75) is 31.2 Å². The van der Waals surface area contributed by atoms with E-state index in [9.17, 15) is 31.4 Å². The van der Waals surface area contributed by atoms with E-state index in [-0.39, 0.29) is 28.5 Å². The van der Waals surface area contributed by atoms with Gasteiger partial charge >= 0.3 is 12.4 Å². The molecule has 2 heterocycles. The number of hydrogen-bond acceptors (Lipinski definition) is 5. The molecule has 4 rings (SSSR count). The highest BCUT2D eigenvalue weighted by atomic mass is 19.4. The molecule has 1 fully saturated rings. The van der Waals surface area contributed by atoms with Gasteiger partial charge in [-0.2, -0.15) is 26.3 Å². The molecule has 0 radical (unpaired) electrons. The Hall–Kier alpha value is -3.08. The maximum Gasteiger partial charge on any atom is 0.416 e. The van der Waals surface area contributed by atoms with Crippen molar-refractivity contribution < 1.29 is 31.4 Å². The molecule has 0 spiro atoms. The van der Waals surface area contributed by atoms with Crippen LogP contribution in [0, 0.1) is 0 Å². The standard InChI is InChI=1S/C22H20F6N4O/c1-32-8-2-3-14(11-32)29-20-15-6-4-12(21(23,24)25)9-17(15)19(30-31-20)16-7-5-13(10-18(16)33)22(26,27)28/h4-7,9-10,14,33H,2-3,8,11H2,1H3,(H,29,31). The number of phenolic OH excluding ortho intramolecular Hbond substituents is 1. The van der Waals surface area contributed by atoms with E-state index in [4.69, 9.17) is 0 Å². The molecule has 1 atom stereocenters. The van der Waals surface area contributed by atoms with Crippen molar-refractivity contribution in [3.8, 4) is 17.0 Å². The predicted molar refractivity (Wildman–Crippen MR) is 111 cm³/mol. The fraction of sp³-hybridized carbons (Fsp3) is 0.364. The number of aromatic nitrogens is 2. The first-order chi connectivity index (χ1) is 15.4. The number of nitrogens with zero attached hydrogens (tertiary/aromatic N) is 3. The Morgan fingerprint density at radius 3 is 2.24 bits per heavy atom. The van der Waals surface area contributed by atoms with Crippen LogP contribution in [0.4, 0.5) is 32.2 Å². The summed E-state index contributed by atoms with van der Waals surface area (Å²) in [5.41, 5.74) is -2.33. The largest absolute Gasteiger partial charge is 0.507 e. The number of hydrogen-bond donors (Lipinski definition) is 2. The summed E-state index contributed by atoms with van der Waals surface area (Å²) in [6.45, 7) is 1.65. The SMILES string of the molecule is CN1CCCC(Nc2nnc(-c3ccc(C(F)(F)F)cc3O)c3cc(C(F)(F)F)ccc23)C1. The van der Waals surface area contributed by atoms with Crippen molar-refractivity contribution in [2.75, 3.05) is 25.5 Å². The maximum absolute atomic E-state index is 13.4. The Labute approximate surface area is 185 Å². The van der Waals surface area contributed by atoms with Crippen LogP contribution in [0.15, 0.2) is 36.4 Å². The Kier molecular flexibility index (Phi) is 5.85. The van der Waals surface area contributed by atoms with Gasteiger partial charge in [-0.1, -0.05) is 0 Å². The van der Waals surface area contributed by atoms with Gasteiger partial charge < -0.3 is 15.3 Å². The van der Waals surface area contributed by atoms with Gasteiger partial charge in [-0.15, -0.1) is 10.2 Å². The summed E-state index contributed by atoms with van der Waals surface area (Å²) in [6.07, 6.45) is -7.55. The van der Waals surface area contributed by atoms with Gasteiger partial charge in [-0.3, -0.25) is 0 Å². The highest BCUT2D eigenvalue weighted by Gasteiger charge is 2.33. The van der Waals surface area contributed by atoms with Crippen molar-refractivity contribution in [2.24, 2.45) is 0 Å². The van der Waals surface area contributed by atoms with Gasteiger partial charge in [0, 0.05) is 28.9 Å². The fourth-order valence-electron chi connectivity index (χ4n) is 4.02. The van der Waals surface area contributed by atoms with Gasteiger partial charge in [0.25, 0.3) is 0 Å². The molecule has 0 bridgehead atoms. The quantitative estimate of drug-likeness (QED) is 0.492. The second-order valence-corrected chi connectivity index (χ2v) is 8.13. The number of likely N-dealkylation sites (tertiary alicyclic amines) is 1. The molecular weight excluding hydrogens is 450 g/mol. The molecule has 0 saturated carbocycles. The number of piperidine rings is 1. The lowest BCUT2D eigenvalue weighted by Gasteiger charge is -2.30. The number of anilines is 1. The Morgan fingerprint density at radius 1 is 0.939 bits per heavy atom. The molecule has 33 heavy (non-hydrogen) atoms. The first kappa shape index (κ1) is 23.1. The maximum atomic E-state index is 13.4. The van der Waals surface area contributed by atoms with Crippen LogP contribution in [0.25, 0.3) is 22.0 Å². The number of nitrogens with one attached hydrogen (secondary N) is 1. The summed E-state index contributed by atoms with van der Waals surface area (Å²) in [6, 6.07) is 5.28. The number of aromatic hydroxyl groups is 1. The lowest BCUT2D eigenvalue weighted by atomic mass is 9.99. The molecule has 3 aromatic rings. The Morgan fingerprint density at radius 2 is 1.61 bits per heavy atom. The second-order valence-electron chi connectivity index (χ2n) is 8.13. The number of rotatable bonds is 3. The van der Waals surface area contributed by atoms with E-state index < -0.39 is 29.2 Å². The fourth-order valence-corrected chi connectivity index (χ4v) is 4.02. The van der Waals surface area contributed by atoms with Gasteiger partial charge in [-0.25, -0.2) is 0 Å². The molecule has 1 aliphatic heterocycles. The van der Waals surface area contributed by atoms with E-state index in [0.29, 0.717) is 18.0 Å². The molecule has 2 N–H and O–H groups in total. The molecule has 0 amide bonds. The lowest BCUT2D eigenvalue weighted by molar-refractivity contribution is -0.138. The molecule has 176 valence electrons. The summed E-state index contributed by atoms with van der Waals surface area (Å²) in [4.78, 5) is 2.12. The third-order valence-electron chi connectivity index (χ3n) is 5.65. The molecule has 1 unspecified atom stereocenters. The Balaban J connectivity index is 1.84. The highest BCUT2D eigenvalue weighted by Crippen LogP contribution is 2.40. The van der Waals surface area contributed by atoms with Crippen molar-refractivity contribution in [1.29, 1.82) is 0 Å². The number of likely N-dealkylation sites (N-methyl/N-ethyl adjacent to an activating group) is 1. The molecule has 1 aromatic heterocycles. The number of alkyl halides is 6. The topological polar surface area (TPSA) is 61.3 Å². The molecule has 1 saturated heterocycles. The minimum atomic E-state index is -4.69. The molecular formula is C22H20F6N4O. The minimum Gasteiger partial charge on any atom is -0.507 e. The third kappa shape index (κ3) is 4.82. The van der Waals surface area contributed by atoms with Crippen molar-refractivity contribution in [1.82, 2.24) is 15.1 Å². The summed E-state index contributed by atoms with van der Waals surface area (Å²) < 4.78 is 79.1. The zero-order valence-corrected chi connectivity index (χ0v) is 17.4. The summed E-state index contributed by atoms with van der Waals surface area (Å²) >= 11 is 0. The van der Waals surface area contributed by atoms with Crippen LogP contribution in [0.1, 0.15) is 24.0 Å². The van der Waals surface area contributed by atoms with Crippen LogP contribution in [0.5, 0.6) is 5.75 Å². The van der Waals surface area contributed by atoms with E-state index in [1.165, 1.54) is 6.07 Å². The van der Waals surface area contributed by atoms with E-state index in [1.807, 2.05) is 7.05 Å². The monoisotopic (exact) mass is 470 g/mol. The summed E-state index contributed by atoms with van der Waals surface area (Å²) in [5, 5.41) is 21.9.